The summed E-state index contributed by atoms with van der Waals surface area (Å²) < 4.78 is 6.27. The van der Waals surface area contributed by atoms with Crippen LogP contribution in [0.2, 0.25) is 0 Å². The van der Waals surface area contributed by atoms with Gasteiger partial charge in [-0.15, -0.1) is 0 Å². The van der Waals surface area contributed by atoms with Crippen LogP contribution in [0.4, 0.5) is 0 Å². The highest BCUT2D eigenvalue weighted by Crippen LogP contribution is 2.34. The van der Waals surface area contributed by atoms with E-state index in [9.17, 15) is 0 Å². The van der Waals surface area contributed by atoms with Crippen LogP contribution in [0.5, 0.6) is 5.88 Å². The van der Waals surface area contributed by atoms with Crippen LogP contribution in [0.1, 0.15) is 17.2 Å². The molecule has 0 saturated heterocycles. The number of methoxy groups -OCH3 is 1. The molecule has 2 aromatic rings. The first kappa shape index (κ1) is 12.5. The number of nitrogens with one attached hydrogen (secondary N) is 1. The molecule has 2 aromatic heterocycles. The Labute approximate surface area is 112 Å². The van der Waals surface area contributed by atoms with Crippen LogP contribution in [0, 0.1) is 0 Å². The number of nitrogens with two attached hydrogens (primary N) is 1. The molecule has 2 rings (SSSR count). The molecular weight excluding hydrogens is 302 g/mol. The molecule has 0 saturated carbocycles. The van der Waals surface area contributed by atoms with Crippen LogP contribution >= 0.6 is 27.3 Å². The monoisotopic (exact) mass is 313 g/mol. The lowest BCUT2D eigenvalue weighted by molar-refractivity contribution is 0.387. The summed E-state index contributed by atoms with van der Waals surface area (Å²) in [4.78, 5) is 4.18. The number of hydrogen-bond acceptors (Lipinski definition) is 5. The van der Waals surface area contributed by atoms with Crippen molar-refractivity contribution in [2.75, 3.05) is 7.11 Å². The van der Waals surface area contributed by atoms with Crippen molar-refractivity contribution in [1.29, 1.82) is 0 Å². The molecule has 0 radical (unpaired) electrons. The molecule has 0 aliphatic rings. The Balaban J connectivity index is 2.46. The van der Waals surface area contributed by atoms with Crippen LogP contribution < -0.4 is 16.0 Å². The van der Waals surface area contributed by atoms with E-state index in [1.54, 1.807) is 24.6 Å². The Morgan fingerprint density at radius 3 is 2.88 bits per heavy atom. The number of pyridine rings is 1. The van der Waals surface area contributed by atoms with Gasteiger partial charge in [0.15, 0.2) is 0 Å². The fourth-order valence-corrected chi connectivity index (χ4v) is 3.19. The number of ether oxygens (including phenoxy) is 1. The minimum absolute atomic E-state index is 0.140. The Morgan fingerprint density at radius 1 is 1.47 bits per heavy atom. The summed E-state index contributed by atoms with van der Waals surface area (Å²) in [6.07, 6.45) is 1.69. The number of rotatable bonds is 4. The summed E-state index contributed by atoms with van der Waals surface area (Å²) >= 11 is 5.12. The molecule has 1 atom stereocenters. The smallest absolute Gasteiger partial charge is 0.218 e. The van der Waals surface area contributed by atoms with Gasteiger partial charge in [-0.25, -0.2) is 10.4 Å². The summed E-state index contributed by atoms with van der Waals surface area (Å²) in [7, 11) is 1.60. The van der Waals surface area contributed by atoms with Crippen LogP contribution in [0.15, 0.2) is 33.6 Å². The van der Waals surface area contributed by atoms with Crippen LogP contribution in [-0.2, 0) is 0 Å². The van der Waals surface area contributed by atoms with E-state index >= 15 is 0 Å². The molecule has 1 unspecified atom stereocenters. The molecule has 0 aromatic carbocycles. The standard InChI is InChI=1S/C11H12BrN3OS/c1-16-11-7(3-2-4-14-11)10(15-13)8-5-17-6-9(8)12/h2-6,10,15H,13H2,1H3. The van der Waals surface area contributed by atoms with Crippen molar-refractivity contribution in [2.45, 2.75) is 6.04 Å². The maximum Gasteiger partial charge on any atom is 0.218 e. The average Bonchev–Trinajstić information content (AvgIpc) is 2.78. The number of thiophene rings is 1. The van der Waals surface area contributed by atoms with Crippen LogP contribution in [0.3, 0.4) is 0 Å². The van der Waals surface area contributed by atoms with E-state index in [-0.39, 0.29) is 6.04 Å². The van der Waals surface area contributed by atoms with Gasteiger partial charge in [0, 0.05) is 21.6 Å². The summed E-state index contributed by atoms with van der Waals surface area (Å²) in [5.41, 5.74) is 4.78. The van der Waals surface area contributed by atoms with E-state index in [1.165, 1.54) is 0 Å². The minimum atomic E-state index is -0.140. The van der Waals surface area contributed by atoms with Gasteiger partial charge in [0.1, 0.15) is 0 Å². The highest BCUT2D eigenvalue weighted by atomic mass is 79.9. The molecule has 0 spiro atoms. The normalized spacial score (nSPS) is 12.4. The first-order chi connectivity index (χ1) is 8.27. The van der Waals surface area contributed by atoms with E-state index in [1.807, 2.05) is 22.9 Å². The first-order valence-corrected chi connectivity index (χ1v) is 6.68. The van der Waals surface area contributed by atoms with Crippen molar-refractivity contribution in [2.24, 2.45) is 5.84 Å². The second-order valence-corrected chi connectivity index (χ2v) is 4.97. The van der Waals surface area contributed by atoms with Crippen molar-refractivity contribution in [3.8, 4) is 5.88 Å². The Morgan fingerprint density at radius 2 is 2.29 bits per heavy atom. The molecule has 17 heavy (non-hydrogen) atoms. The van der Waals surface area contributed by atoms with E-state index < -0.39 is 0 Å². The predicted molar refractivity (Wildman–Crippen MR) is 72.0 cm³/mol. The largest absolute Gasteiger partial charge is 0.481 e. The van der Waals surface area contributed by atoms with E-state index in [0.29, 0.717) is 5.88 Å². The molecule has 0 aliphatic carbocycles. The molecule has 90 valence electrons. The molecule has 3 N–H and O–H groups in total. The van der Waals surface area contributed by atoms with Crippen molar-refractivity contribution >= 4 is 27.3 Å². The van der Waals surface area contributed by atoms with Crippen molar-refractivity contribution in [1.82, 2.24) is 10.4 Å². The van der Waals surface area contributed by atoms with Gasteiger partial charge in [-0.2, -0.15) is 11.3 Å². The maximum absolute atomic E-state index is 5.64. The molecule has 0 amide bonds. The third-order valence-electron chi connectivity index (χ3n) is 2.42. The maximum atomic E-state index is 5.64. The lowest BCUT2D eigenvalue weighted by atomic mass is 10.0. The lowest BCUT2D eigenvalue weighted by Gasteiger charge is -2.17. The zero-order valence-electron chi connectivity index (χ0n) is 9.18. The van der Waals surface area contributed by atoms with Gasteiger partial charge < -0.3 is 4.74 Å². The van der Waals surface area contributed by atoms with Gasteiger partial charge in [-0.05, 0) is 32.9 Å². The summed E-state index contributed by atoms with van der Waals surface area (Å²) in [6, 6.07) is 3.67. The summed E-state index contributed by atoms with van der Waals surface area (Å²) in [6.45, 7) is 0. The average molecular weight is 314 g/mol. The fourth-order valence-electron chi connectivity index (χ4n) is 1.64. The number of nitrogens with zero attached hydrogens (tertiary/aromatic N) is 1. The van der Waals surface area contributed by atoms with Gasteiger partial charge in [0.2, 0.25) is 5.88 Å². The number of hydrogen-bond donors (Lipinski definition) is 2. The Kier molecular flexibility index (Phi) is 4.11. The van der Waals surface area contributed by atoms with E-state index in [2.05, 4.69) is 26.3 Å². The number of aromatic nitrogens is 1. The predicted octanol–water partition coefficient (Wildman–Crippen LogP) is 2.47. The van der Waals surface area contributed by atoms with Gasteiger partial charge in [0.25, 0.3) is 0 Å². The van der Waals surface area contributed by atoms with E-state index in [0.717, 1.165) is 15.6 Å². The van der Waals surface area contributed by atoms with Gasteiger partial charge >= 0.3 is 0 Å². The quantitative estimate of drug-likeness (QED) is 0.672. The first-order valence-electron chi connectivity index (χ1n) is 4.94. The van der Waals surface area contributed by atoms with Crippen molar-refractivity contribution in [3.05, 3.63) is 44.7 Å². The zero-order chi connectivity index (χ0) is 12.3. The fraction of sp³-hybridized carbons (Fsp3) is 0.182. The number of hydrazine groups is 1. The third-order valence-corrected chi connectivity index (χ3v) is 4.18. The van der Waals surface area contributed by atoms with E-state index in [4.69, 9.17) is 10.6 Å². The van der Waals surface area contributed by atoms with Gasteiger partial charge in [-0.3, -0.25) is 5.84 Å². The van der Waals surface area contributed by atoms with Crippen molar-refractivity contribution in [3.63, 3.8) is 0 Å². The highest BCUT2D eigenvalue weighted by molar-refractivity contribution is 9.10. The number of halogens is 1. The molecule has 0 bridgehead atoms. The molecular formula is C11H12BrN3OS. The molecule has 0 aliphatic heterocycles. The highest BCUT2D eigenvalue weighted by Gasteiger charge is 2.20. The van der Waals surface area contributed by atoms with Crippen molar-refractivity contribution < 1.29 is 4.74 Å². The van der Waals surface area contributed by atoms with Crippen LogP contribution in [0.25, 0.3) is 0 Å². The lowest BCUT2D eigenvalue weighted by Crippen LogP contribution is -2.29. The SMILES string of the molecule is COc1ncccc1C(NN)c1cscc1Br. The topological polar surface area (TPSA) is 60.2 Å². The minimum Gasteiger partial charge on any atom is -0.481 e. The molecule has 6 heteroatoms. The molecule has 4 nitrogen and oxygen atoms in total. The molecule has 0 fully saturated rings. The summed E-state index contributed by atoms with van der Waals surface area (Å²) in [5, 5.41) is 4.06. The second kappa shape index (κ2) is 5.59. The zero-order valence-corrected chi connectivity index (χ0v) is 11.6. The molecule has 2 heterocycles. The Hall–Kier alpha value is -0.950. The van der Waals surface area contributed by atoms with Gasteiger partial charge in [-0.1, -0.05) is 6.07 Å². The Bertz CT molecular complexity index is 503. The second-order valence-electron chi connectivity index (χ2n) is 3.38. The van der Waals surface area contributed by atoms with Gasteiger partial charge in [0.05, 0.1) is 13.2 Å². The summed E-state index contributed by atoms with van der Waals surface area (Å²) in [5.74, 6) is 6.22. The van der Waals surface area contributed by atoms with Crippen LogP contribution in [-0.4, -0.2) is 12.1 Å². The third kappa shape index (κ3) is 2.50.